The molecule has 1 aromatic carbocycles. The van der Waals surface area contributed by atoms with Gasteiger partial charge in [-0.1, -0.05) is 36.5 Å². The monoisotopic (exact) mass is 286 g/mol. The Bertz CT molecular complexity index is 461. The first-order valence-corrected chi connectivity index (χ1v) is 6.70. The number of carbonyl (C=O) groups excluding carboxylic acids is 1. The Hall–Kier alpha value is -0.930. The molecule has 5 heteroatoms. The van der Waals surface area contributed by atoms with Crippen LogP contribution in [0.4, 0.5) is 5.69 Å². The molecule has 0 unspecified atom stereocenters. The minimum atomic E-state index is -0.160. The van der Waals surface area contributed by atoms with Crippen molar-refractivity contribution in [2.24, 2.45) is 5.41 Å². The van der Waals surface area contributed by atoms with Gasteiger partial charge in [-0.3, -0.25) is 4.79 Å². The number of rotatable bonds is 3. The topological polar surface area (TPSA) is 55.1 Å². The summed E-state index contributed by atoms with van der Waals surface area (Å²) >= 11 is 11.8. The molecule has 1 saturated carbocycles. The maximum Gasteiger partial charge on any atom is 0.251 e. The number of nitrogens with one attached hydrogen (secondary N) is 1. The van der Waals surface area contributed by atoms with E-state index in [-0.39, 0.29) is 11.3 Å². The molecule has 0 radical (unpaired) electrons. The molecule has 3 nitrogen and oxygen atoms in total. The third kappa shape index (κ3) is 2.73. The van der Waals surface area contributed by atoms with E-state index in [4.69, 9.17) is 28.9 Å². The fraction of sp³-hybridized carbons (Fsp3) is 0.462. The number of amides is 1. The van der Waals surface area contributed by atoms with E-state index in [1.165, 1.54) is 6.42 Å². The fourth-order valence-corrected chi connectivity index (χ4v) is 2.56. The number of hydrogen-bond donors (Lipinski definition) is 2. The lowest BCUT2D eigenvalue weighted by Crippen LogP contribution is -2.39. The molecule has 0 heterocycles. The molecule has 2 rings (SSSR count). The van der Waals surface area contributed by atoms with Crippen LogP contribution < -0.4 is 11.1 Å². The molecule has 0 saturated heterocycles. The van der Waals surface area contributed by atoms with Gasteiger partial charge in [0.15, 0.2) is 0 Å². The van der Waals surface area contributed by atoms with E-state index in [0.29, 0.717) is 27.8 Å². The summed E-state index contributed by atoms with van der Waals surface area (Å²) in [5.41, 5.74) is 6.63. The van der Waals surface area contributed by atoms with Crippen LogP contribution in [-0.4, -0.2) is 12.5 Å². The molecule has 1 amide bonds. The van der Waals surface area contributed by atoms with Gasteiger partial charge in [-0.05, 0) is 30.4 Å². The van der Waals surface area contributed by atoms with Crippen LogP contribution in [0, 0.1) is 5.41 Å². The van der Waals surface area contributed by atoms with Crippen LogP contribution in [0.5, 0.6) is 0 Å². The largest absolute Gasteiger partial charge is 0.396 e. The third-order valence-corrected chi connectivity index (χ3v) is 4.20. The van der Waals surface area contributed by atoms with E-state index < -0.39 is 0 Å². The average Bonchev–Trinajstić information content (AvgIpc) is 2.30. The van der Waals surface area contributed by atoms with Crippen molar-refractivity contribution in [2.45, 2.75) is 26.2 Å². The Morgan fingerprint density at radius 3 is 2.39 bits per heavy atom. The van der Waals surface area contributed by atoms with Crippen molar-refractivity contribution in [1.29, 1.82) is 0 Å². The summed E-state index contributed by atoms with van der Waals surface area (Å²) in [6, 6.07) is 3.09. The lowest BCUT2D eigenvalue weighted by molar-refractivity contribution is 0.0891. The molecule has 18 heavy (non-hydrogen) atoms. The lowest BCUT2D eigenvalue weighted by Gasteiger charge is -2.38. The number of halogens is 2. The summed E-state index contributed by atoms with van der Waals surface area (Å²) in [4.78, 5) is 12.0. The molecule has 1 aliphatic carbocycles. The highest BCUT2D eigenvalue weighted by atomic mass is 35.5. The minimum Gasteiger partial charge on any atom is -0.396 e. The van der Waals surface area contributed by atoms with Gasteiger partial charge in [0.05, 0.1) is 15.7 Å². The molecule has 0 aromatic heterocycles. The van der Waals surface area contributed by atoms with Crippen molar-refractivity contribution < 1.29 is 4.79 Å². The Labute approximate surface area is 117 Å². The highest BCUT2D eigenvalue weighted by molar-refractivity contribution is 6.39. The summed E-state index contributed by atoms with van der Waals surface area (Å²) in [7, 11) is 0. The van der Waals surface area contributed by atoms with Gasteiger partial charge in [0, 0.05) is 12.1 Å². The molecule has 0 atom stereocenters. The van der Waals surface area contributed by atoms with Gasteiger partial charge in [-0.2, -0.15) is 0 Å². The Morgan fingerprint density at radius 1 is 1.39 bits per heavy atom. The minimum absolute atomic E-state index is 0.160. The highest BCUT2D eigenvalue weighted by Gasteiger charge is 2.31. The number of hydrogen-bond acceptors (Lipinski definition) is 2. The Morgan fingerprint density at radius 2 is 1.94 bits per heavy atom. The molecule has 0 aliphatic heterocycles. The van der Waals surface area contributed by atoms with E-state index >= 15 is 0 Å². The Kier molecular flexibility index (Phi) is 3.74. The van der Waals surface area contributed by atoms with Crippen molar-refractivity contribution in [3.63, 3.8) is 0 Å². The zero-order valence-electron chi connectivity index (χ0n) is 10.2. The van der Waals surface area contributed by atoms with Crippen molar-refractivity contribution >= 4 is 34.8 Å². The quantitative estimate of drug-likeness (QED) is 0.836. The number of benzene rings is 1. The number of anilines is 1. The molecule has 1 fully saturated rings. The van der Waals surface area contributed by atoms with Gasteiger partial charge in [0.25, 0.3) is 5.91 Å². The van der Waals surface area contributed by atoms with Gasteiger partial charge in [0.1, 0.15) is 0 Å². The van der Waals surface area contributed by atoms with Gasteiger partial charge in [-0.25, -0.2) is 0 Å². The maximum atomic E-state index is 12.0. The van der Waals surface area contributed by atoms with E-state index in [0.717, 1.165) is 12.8 Å². The van der Waals surface area contributed by atoms with Crippen LogP contribution >= 0.6 is 23.2 Å². The zero-order valence-corrected chi connectivity index (χ0v) is 11.7. The molecular formula is C13H16Cl2N2O. The molecule has 3 N–H and O–H groups in total. The van der Waals surface area contributed by atoms with Gasteiger partial charge in [0.2, 0.25) is 0 Å². The van der Waals surface area contributed by atoms with Crippen LogP contribution in [0.25, 0.3) is 0 Å². The summed E-state index contributed by atoms with van der Waals surface area (Å²) < 4.78 is 0. The van der Waals surface area contributed by atoms with E-state index in [2.05, 4.69) is 12.2 Å². The highest BCUT2D eigenvalue weighted by Crippen LogP contribution is 2.39. The van der Waals surface area contributed by atoms with Crippen molar-refractivity contribution in [1.82, 2.24) is 5.32 Å². The molecule has 0 bridgehead atoms. The number of nitrogen functional groups attached to an aromatic ring is 1. The van der Waals surface area contributed by atoms with E-state index in [9.17, 15) is 4.79 Å². The van der Waals surface area contributed by atoms with Crippen LogP contribution in [0.3, 0.4) is 0 Å². The SMILES string of the molecule is CC1(CNC(=O)c2cc(Cl)c(N)c(Cl)c2)CCC1. The summed E-state index contributed by atoms with van der Waals surface area (Å²) in [5, 5.41) is 3.53. The first-order chi connectivity index (χ1) is 8.41. The predicted octanol–water partition coefficient (Wildman–Crippen LogP) is 3.50. The zero-order chi connectivity index (χ0) is 13.3. The second kappa shape index (κ2) is 4.98. The van der Waals surface area contributed by atoms with Gasteiger partial charge >= 0.3 is 0 Å². The first kappa shape index (κ1) is 13.5. The third-order valence-electron chi connectivity index (χ3n) is 3.58. The average molecular weight is 287 g/mol. The summed E-state index contributed by atoms with van der Waals surface area (Å²) in [6.45, 7) is 2.87. The smallest absolute Gasteiger partial charge is 0.251 e. The molecule has 1 aromatic rings. The molecular weight excluding hydrogens is 271 g/mol. The van der Waals surface area contributed by atoms with Crippen molar-refractivity contribution in [3.05, 3.63) is 27.7 Å². The normalized spacial score (nSPS) is 17.1. The standard InChI is InChI=1S/C13H16Cl2N2O/c1-13(3-2-4-13)7-17-12(18)8-5-9(14)11(16)10(15)6-8/h5-6H,2-4,7,16H2,1H3,(H,17,18). The number of nitrogens with two attached hydrogens (primary N) is 1. The first-order valence-electron chi connectivity index (χ1n) is 5.94. The van der Waals surface area contributed by atoms with E-state index in [1.54, 1.807) is 12.1 Å². The second-order valence-electron chi connectivity index (χ2n) is 5.20. The van der Waals surface area contributed by atoms with Gasteiger partial charge in [-0.15, -0.1) is 0 Å². The molecule has 1 aliphatic rings. The lowest BCUT2D eigenvalue weighted by atomic mass is 9.70. The predicted molar refractivity (Wildman–Crippen MR) is 75.2 cm³/mol. The fourth-order valence-electron chi connectivity index (χ4n) is 2.07. The Balaban J connectivity index is 2.05. The summed E-state index contributed by atoms with van der Waals surface area (Å²) in [5.74, 6) is -0.160. The second-order valence-corrected chi connectivity index (χ2v) is 6.01. The van der Waals surface area contributed by atoms with Crippen LogP contribution in [-0.2, 0) is 0 Å². The molecule has 0 spiro atoms. The van der Waals surface area contributed by atoms with Crippen molar-refractivity contribution in [2.75, 3.05) is 12.3 Å². The van der Waals surface area contributed by atoms with Crippen LogP contribution in [0.1, 0.15) is 36.5 Å². The number of carbonyl (C=O) groups is 1. The molecule has 98 valence electrons. The van der Waals surface area contributed by atoms with E-state index in [1.807, 2.05) is 0 Å². The van der Waals surface area contributed by atoms with Crippen LogP contribution in [0.15, 0.2) is 12.1 Å². The van der Waals surface area contributed by atoms with Gasteiger partial charge < -0.3 is 11.1 Å². The van der Waals surface area contributed by atoms with Crippen LogP contribution in [0.2, 0.25) is 10.0 Å². The maximum absolute atomic E-state index is 12.0. The summed E-state index contributed by atoms with van der Waals surface area (Å²) in [6.07, 6.45) is 3.57. The van der Waals surface area contributed by atoms with Crippen molar-refractivity contribution in [3.8, 4) is 0 Å².